The van der Waals surface area contributed by atoms with E-state index < -0.39 is 0 Å². The maximum atomic E-state index is 13.4. The second-order valence-corrected chi connectivity index (χ2v) is 5.51. The standard InChI is InChI=1S/C21H15FN2/c22-18-11-13-19(14-12-18)24-20(16-7-3-1-4-8-16)15-23-21(24)17-9-5-2-6-10-17/h1-15H. The Kier molecular flexibility index (Phi) is 3.67. The minimum Gasteiger partial charge on any atom is -0.292 e. The van der Waals surface area contributed by atoms with Gasteiger partial charge in [-0.3, -0.25) is 4.57 Å². The van der Waals surface area contributed by atoms with E-state index in [1.54, 1.807) is 12.1 Å². The summed E-state index contributed by atoms with van der Waals surface area (Å²) >= 11 is 0. The first kappa shape index (κ1) is 14.4. The van der Waals surface area contributed by atoms with Crippen molar-refractivity contribution in [2.75, 3.05) is 0 Å². The van der Waals surface area contributed by atoms with Gasteiger partial charge in [0.15, 0.2) is 0 Å². The lowest BCUT2D eigenvalue weighted by Gasteiger charge is -2.12. The lowest BCUT2D eigenvalue weighted by molar-refractivity contribution is 0.627. The first-order valence-electron chi connectivity index (χ1n) is 7.77. The maximum absolute atomic E-state index is 13.4. The summed E-state index contributed by atoms with van der Waals surface area (Å²) in [5, 5.41) is 0. The summed E-state index contributed by atoms with van der Waals surface area (Å²) in [7, 11) is 0. The Bertz CT molecular complexity index is 885. The third-order valence-corrected chi connectivity index (χ3v) is 3.95. The Morgan fingerprint density at radius 1 is 0.667 bits per heavy atom. The zero-order chi connectivity index (χ0) is 16.4. The molecule has 1 heterocycles. The van der Waals surface area contributed by atoms with Gasteiger partial charge in [-0.1, -0.05) is 60.7 Å². The minimum absolute atomic E-state index is 0.249. The van der Waals surface area contributed by atoms with Crippen molar-refractivity contribution >= 4 is 0 Å². The highest BCUT2D eigenvalue weighted by molar-refractivity contribution is 5.69. The second-order valence-electron chi connectivity index (χ2n) is 5.51. The van der Waals surface area contributed by atoms with E-state index >= 15 is 0 Å². The molecule has 0 spiro atoms. The van der Waals surface area contributed by atoms with Crippen LogP contribution in [0.4, 0.5) is 4.39 Å². The van der Waals surface area contributed by atoms with Gasteiger partial charge in [0.05, 0.1) is 11.9 Å². The molecular formula is C21H15FN2. The van der Waals surface area contributed by atoms with Gasteiger partial charge in [0, 0.05) is 16.8 Å². The molecule has 0 aliphatic carbocycles. The Morgan fingerprint density at radius 3 is 1.88 bits per heavy atom. The molecule has 0 saturated carbocycles. The molecule has 0 saturated heterocycles. The molecule has 3 aromatic carbocycles. The lowest BCUT2D eigenvalue weighted by atomic mass is 10.1. The largest absolute Gasteiger partial charge is 0.292 e. The Morgan fingerprint density at radius 2 is 1.25 bits per heavy atom. The molecule has 0 atom stereocenters. The average Bonchev–Trinajstić information content (AvgIpc) is 3.09. The number of halogens is 1. The first-order valence-corrected chi connectivity index (χ1v) is 7.77. The molecule has 0 amide bonds. The predicted molar refractivity (Wildman–Crippen MR) is 94.4 cm³/mol. The summed E-state index contributed by atoms with van der Waals surface area (Å²) in [4.78, 5) is 4.63. The van der Waals surface area contributed by atoms with Crippen LogP contribution in [-0.2, 0) is 0 Å². The molecule has 1 aromatic heterocycles. The number of hydrogen-bond donors (Lipinski definition) is 0. The summed E-state index contributed by atoms with van der Waals surface area (Å²) in [5.74, 6) is 0.586. The fourth-order valence-corrected chi connectivity index (χ4v) is 2.81. The van der Waals surface area contributed by atoms with Gasteiger partial charge in [-0.2, -0.15) is 0 Å². The first-order chi connectivity index (χ1) is 11.8. The normalized spacial score (nSPS) is 10.7. The zero-order valence-electron chi connectivity index (χ0n) is 12.9. The summed E-state index contributed by atoms with van der Waals surface area (Å²) in [6.45, 7) is 0. The molecule has 24 heavy (non-hydrogen) atoms. The van der Waals surface area contributed by atoms with Crippen molar-refractivity contribution in [3.05, 3.63) is 96.9 Å². The fourth-order valence-electron chi connectivity index (χ4n) is 2.81. The quantitative estimate of drug-likeness (QED) is 0.499. The van der Waals surface area contributed by atoms with E-state index in [0.717, 1.165) is 28.3 Å². The summed E-state index contributed by atoms with van der Waals surface area (Å²) < 4.78 is 15.4. The number of imidazole rings is 1. The molecule has 0 unspecified atom stereocenters. The predicted octanol–water partition coefficient (Wildman–Crippen LogP) is 5.35. The van der Waals surface area contributed by atoms with Crippen molar-refractivity contribution in [3.63, 3.8) is 0 Å². The van der Waals surface area contributed by atoms with E-state index in [2.05, 4.69) is 9.55 Å². The second kappa shape index (κ2) is 6.13. The molecule has 4 aromatic rings. The topological polar surface area (TPSA) is 17.8 Å². The Hall–Kier alpha value is -3.20. The van der Waals surface area contributed by atoms with Gasteiger partial charge < -0.3 is 0 Å². The van der Waals surface area contributed by atoms with Crippen molar-refractivity contribution in [1.29, 1.82) is 0 Å². The molecule has 0 aliphatic heterocycles. The Labute approximate surface area is 139 Å². The number of benzene rings is 3. The van der Waals surface area contributed by atoms with E-state index in [1.807, 2.05) is 66.9 Å². The van der Waals surface area contributed by atoms with Crippen LogP contribution in [0, 0.1) is 5.82 Å². The number of aromatic nitrogens is 2. The molecule has 0 bridgehead atoms. The molecule has 4 rings (SSSR count). The summed E-state index contributed by atoms with van der Waals surface area (Å²) in [6.07, 6.45) is 1.86. The smallest absolute Gasteiger partial charge is 0.144 e. The van der Waals surface area contributed by atoms with E-state index in [9.17, 15) is 4.39 Å². The van der Waals surface area contributed by atoms with Crippen LogP contribution in [-0.4, -0.2) is 9.55 Å². The fraction of sp³-hybridized carbons (Fsp3) is 0. The van der Waals surface area contributed by atoms with Crippen LogP contribution in [0.15, 0.2) is 91.1 Å². The van der Waals surface area contributed by atoms with Crippen LogP contribution in [0.3, 0.4) is 0 Å². The Balaban J connectivity index is 1.96. The SMILES string of the molecule is Fc1ccc(-n2c(-c3ccccc3)cnc2-c2ccccc2)cc1. The molecule has 3 heteroatoms. The van der Waals surface area contributed by atoms with Crippen molar-refractivity contribution in [3.8, 4) is 28.3 Å². The van der Waals surface area contributed by atoms with Crippen molar-refractivity contribution in [2.45, 2.75) is 0 Å². The van der Waals surface area contributed by atoms with Crippen LogP contribution in [0.2, 0.25) is 0 Å². The summed E-state index contributed by atoms with van der Waals surface area (Å²) in [6, 6.07) is 26.6. The number of rotatable bonds is 3. The molecular weight excluding hydrogens is 299 g/mol. The van der Waals surface area contributed by atoms with Gasteiger partial charge in [-0.25, -0.2) is 9.37 Å². The van der Waals surface area contributed by atoms with Crippen molar-refractivity contribution in [2.24, 2.45) is 0 Å². The minimum atomic E-state index is -0.249. The van der Waals surface area contributed by atoms with E-state index in [-0.39, 0.29) is 5.82 Å². The van der Waals surface area contributed by atoms with Gasteiger partial charge in [-0.05, 0) is 24.3 Å². The third-order valence-electron chi connectivity index (χ3n) is 3.95. The van der Waals surface area contributed by atoms with E-state index in [0.29, 0.717) is 0 Å². The molecule has 2 nitrogen and oxygen atoms in total. The van der Waals surface area contributed by atoms with E-state index in [4.69, 9.17) is 0 Å². The van der Waals surface area contributed by atoms with Crippen LogP contribution < -0.4 is 0 Å². The van der Waals surface area contributed by atoms with Gasteiger partial charge in [0.2, 0.25) is 0 Å². The molecule has 0 radical (unpaired) electrons. The monoisotopic (exact) mass is 314 g/mol. The summed E-state index contributed by atoms with van der Waals surface area (Å²) in [5.41, 5.74) is 3.94. The van der Waals surface area contributed by atoms with Gasteiger partial charge in [0.1, 0.15) is 11.6 Å². The van der Waals surface area contributed by atoms with Crippen molar-refractivity contribution < 1.29 is 4.39 Å². The van der Waals surface area contributed by atoms with Crippen LogP contribution in [0.25, 0.3) is 28.3 Å². The van der Waals surface area contributed by atoms with Gasteiger partial charge in [-0.15, -0.1) is 0 Å². The number of nitrogens with zero attached hydrogens (tertiary/aromatic N) is 2. The number of hydrogen-bond acceptors (Lipinski definition) is 1. The molecule has 0 aliphatic rings. The highest BCUT2D eigenvalue weighted by atomic mass is 19.1. The lowest BCUT2D eigenvalue weighted by Crippen LogP contribution is -2.00. The van der Waals surface area contributed by atoms with E-state index in [1.165, 1.54) is 12.1 Å². The van der Waals surface area contributed by atoms with Gasteiger partial charge >= 0.3 is 0 Å². The molecule has 116 valence electrons. The van der Waals surface area contributed by atoms with Gasteiger partial charge in [0.25, 0.3) is 0 Å². The molecule has 0 N–H and O–H groups in total. The van der Waals surface area contributed by atoms with Crippen molar-refractivity contribution in [1.82, 2.24) is 9.55 Å². The zero-order valence-corrected chi connectivity index (χ0v) is 12.9. The van der Waals surface area contributed by atoms with Crippen LogP contribution >= 0.6 is 0 Å². The maximum Gasteiger partial charge on any atom is 0.144 e. The van der Waals surface area contributed by atoms with Crippen LogP contribution in [0.5, 0.6) is 0 Å². The highest BCUT2D eigenvalue weighted by Gasteiger charge is 2.14. The third kappa shape index (κ3) is 2.61. The van der Waals surface area contributed by atoms with Crippen LogP contribution in [0.1, 0.15) is 0 Å². The highest BCUT2D eigenvalue weighted by Crippen LogP contribution is 2.30. The average molecular weight is 314 g/mol. The molecule has 0 fully saturated rings.